The molecule has 0 aliphatic heterocycles. The molecule has 5 heteroatoms. The molecule has 0 aliphatic rings. The molecule has 0 radical (unpaired) electrons. The largest absolute Gasteiger partial charge is 0.389 e. The van der Waals surface area contributed by atoms with Crippen LogP contribution in [0.5, 0.6) is 0 Å². The summed E-state index contributed by atoms with van der Waals surface area (Å²) in [7, 11) is 2.05. The van der Waals surface area contributed by atoms with Crippen molar-refractivity contribution in [2.75, 3.05) is 11.9 Å². The number of benzene rings is 1. The highest BCUT2D eigenvalue weighted by Gasteiger charge is 2.08. The van der Waals surface area contributed by atoms with Gasteiger partial charge in [-0.05, 0) is 26.0 Å². The molecule has 0 saturated heterocycles. The lowest BCUT2D eigenvalue weighted by molar-refractivity contribution is 0.904. The van der Waals surface area contributed by atoms with Crippen molar-refractivity contribution in [1.29, 1.82) is 0 Å². The third kappa shape index (κ3) is 3.30. The Bertz CT molecular complexity index is 585. The molecule has 0 fully saturated rings. The summed E-state index contributed by atoms with van der Waals surface area (Å²) in [5.74, 6) is 0. The molecule has 2 rings (SSSR count). The Morgan fingerprint density at radius 3 is 2.74 bits per heavy atom. The normalized spacial score (nSPS) is 10.5. The van der Waals surface area contributed by atoms with Crippen LogP contribution in [0, 0.1) is 13.8 Å². The second-order valence-electron chi connectivity index (χ2n) is 4.52. The summed E-state index contributed by atoms with van der Waals surface area (Å²) in [6.07, 6.45) is 0. The number of thiazole rings is 1. The number of nitrogens with two attached hydrogens (primary N) is 1. The summed E-state index contributed by atoms with van der Waals surface area (Å²) < 4.78 is 0. The van der Waals surface area contributed by atoms with Crippen LogP contribution in [0.4, 0.5) is 5.69 Å². The maximum absolute atomic E-state index is 5.66. The molecule has 0 bridgehead atoms. The molecule has 0 atom stereocenters. The monoisotopic (exact) mass is 291 g/mol. The van der Waals surface area contributed by atoms with Gasteiger partial charge in [0.25, 0.3) is 0 Å². The van der Waals surface area contributed by atoms with Gasteiger partial charge in [0.05, 0.1) is 12.2 Å². The van der Waals surface area contributed by atoms with Gasteiger partial charge in [-0.25, -0.2) is 4.98 Å². The van der Waals surface area contributed by atoms with E-state index in [1.165, 1.54) is 4.88 Å². The summed E-state index contributed by atoms with van der Waals surface area (Å²) in [6, 6.07) is 7.96. The molecule has 100 valence electrons. The maximum Gasteiger partial charge on any atom is 0.112 e. The third-order valence-corrected chi connectivity index (χ3v) is 4.31. The molecule has 1 aromatic carbocycles. The Kier molecular flexibility index (Phi) is 4.17. The fraction of sp³-hybridized carbons (Fsp3) is 0.286. The standard InChI is InChI=1S/C14H17N3S2/c1-9-10(2)19-13(16-9)8-17(3)12-6-4-5-11(7-12)14(15)18/h4-7H,8H2,1-3H3,(H2,15,18). The van der Waals surface area contributed by atoms with Crippen LogP contribution in [0.15, 0.2) is 24.3 Å². The highest BCUT2D eigenvalue weighted by molar-refractivity contribution is 7.80. The van der Waals surface area contributed by atoms with Crippen molar-refractivity contribution in [2.45, 2.75) is 20.4 Å². The van der Waals surface area contributed by atoms with E-state index >= 15 is 0 Å². The van der Waals surface area contributed by atoms with Gasteiger partial charge >= 0.3 is 0 Å². The lowest BCUT2D eigenvalue weighted by Crippen LogP contribution is -2.17. The molecule has 0 aliphatic carbocycles. The fourth-order valence-corrected chi connectivity index (χ4v) is 2.91. The summed E-state index contributed by atoms with van der Waals surface area (Å²) in [5.41, 5.74) is 8.76. The molecule has 1 aromatic heterocycles. The van der Waals surface area contributed by atoms with Gasteiger partial charge in [-0.3, -0.25) is 0 Å². The fourth-order valence-electron chi connectivity index (χ4n) is 1.80. The first-order valence-corrected chi connectivity index (χ1v) is 7.23. The van der Waals surface area contributed by atoms with Crippen LogP contribution in [0.2, 0.25) is 0 Å². The Morgan fingerprint density at radius 2 is 2.16 bits per heavy atom. The number of nitrogens with zero attached hydrogens (tertiary/aromatic N) is 2. The summed E-state index contributed by atoms with van der Waals surface area (Å²) in [6.45, 7) is 4.94. The van der Waals surface area contributed by atoms with Crippen molar-refractivity contribution in [3.63, 3.8) is 0 Å². The number of hydrogen-bond acceptors (Lipinski definition) is 4. The zero-order valence-corrected chi connectivity index (χ0v) is 12.9. The predicted octanol–water partition coefficient (Wildman–Crippen LogP) is 3.03. The zero-order chi connectivity index (χ0) is 14.0. The Labute approximate surface area is 123 Å². The van der Waals surface area contributed by atoms with E-state index in [2.05, 4.69) is 22.9 Å². The van der Waals surface area contributed by atoms with Crippen molar-refractivity contribution in [2.24, 2.45) is 5.73 Å². The number of aromatic nitrogens is 1. The summed E-state index contributed by atoms with van der Waals surface area (Å²) in [5, 5.41) is 1.12. The van der Waals surface area contributed by atoms with Crippen molar-refractivity contribution < 1.29 is 0 Å². The third-order valence-electron chi connectivity index (χ3n) is 3.02. The van der Waals surface area contributed by atoms with E-state index in [1.807, 2.05) is 32.2 Å². The number of anilines is 1. The van der Waals surface area contributed by atoms with E-state index in [0.29, 0.717) is 4.99 Å². The molecule has 0 unspecified atom stereocenters. The first-order valence-electron chi connectivity index (χ1n) is 6.01. The zero-order valence-electron chi connectivity index (χ0n) is 11.3. The van der Waals surface area contributed by atoms with Crippen molar-refractivity contribution in [1.82, 2.24) is 4.98 Å². The van der Waals surface area contributed by atoms with Gasteiger partial charge in [0.15, 0.2) is 0 Å². The number of aryl methyl sites for hydroxylation is 2. The molecular formula is C14H17N3S2. The smallest absolute Gasteiger partial charge is 0.112 e. The first kappa shape index (κ1) is 14.0. The highest BCUT2D eigenvalue weighted by Crippen LogP contribution is 2.21. The van der Waals surface area contributed by atoms with Crippen LogP contribution >= 0.6 is 23.6 Å². The van der Waals surface area contributed by atoms with Gasteiger partial charge in [0.1, 0.15) is 10.00 Å². The minimum atomic E-state index is 0.427. The van der Waals surface area contributed by atoms with Gasteiger partial charge in [-0.2, -0.15) is 0 Å². The second-order valence-corrected chi connectivity index (χ2v) is 6.25. The number of thiocarbonyl (C=S) groups is 1. The molecule has 19 heavy (non-hydrogen) atoms. The number of rotatable bonds is 4. The van der Waals surface area contributed by atoms with E-state index in [1.54, 1.807) is 11.3 Å². The van der Waals surface area contributed by atoms with Crippen LogP contribution in [0.3, 0.4) is 0 Å². The SMILES string of the molecule is Cc1nc(CN(C)c2cccc(C(N)=S)c2)sc1C. The van der Waals surface area contributed by atoms with Crippen LogP contribution in [0.25, 0.3) is 0 Å². The Hall–Kier alpha value is -1.46. The topological polar surface area (TPSA) is 42.2 Å². The average molecular weight is 291 g/mol. The summed E-state index contributed by atoms with van der Waals surface area (Å²) >= 11 is 6.75. The molecule has 0 amide bonds. The molecule has 0 saturated carbocycles. The first-order chi connectivity index (χ1) is 8.97. The maximum atomic E-state index is 5.66. The van der Waals surface area contributed by atoms with E-state index < -0.39 is 0 Å². The molecule has 0 spiro atoms. The number of hydrogen-bond donors (Lipinski definition) is 1. The lowest BCUT2D eigenvalue weighted by atomic mass is 10.2. The Morgan fingerprint density at radius 1 is 1.42 bits per heavy atom. The molecule has 2 N–H and O–H groups in total. The quantitative estimate of drug-likeness (QED) is 0.879. The molecule has 2 aromatic rings. The van der Waals surface area contributed by atoms with Crippen LogP contribution in [-0.2, 0) is 6.54 Å². The van der Waals surface area contributed by atoms with E-state index in [4.69, 9.17) is 18.0 Å². The molecule has 3 nitrogen and oxygen atoms in total. The minimum absolute atomic E-state index is 0.427. The van der Waals surface area contributed by atoms with E-state index in [-0.39, 0.29) is 0 Å². The Balaban J connectivity index is 2.17. The van der Waals surface area contributed by atoms with Gasteiger partial charge < -0.3 is 10.6 Å². The van der Waals surface area contributed by atoms with Gasteiger partial charge in [0.2, 0.25) is 0 Å². The van der Waals surface area contributed by atoms with Crippen molar-refractivity contribution in [3.8, 4) is 0 Å². The van der Waals surface area contributed by atoms with Gasteiger partial charge in [-0.15, -0.1) is 11.3 Å². The molecule has 1 heterocycles. The highest BCUT2D eigenvalue weighted by atomic mass is 32.1. The van der Waals surface area contributed by atoms with Crippen LogP contribution < -0.4 is 10.6 Å². The van der Waals surface area contributed by atoms with E-state index in [0.717, 1.165) is 28.5 Å². The second kappa shape index (κ2) is 5.67. The van der Waals surface area contributed by atoms with Crippen molar-refractivity contribution in [3.05, 3.63) is 45.4 Å². The lowest BCUT2D eigenvalue weighted by Gasteiger charge is -2.18. The molecular weight excluding hydrogens is 274 g/mol. The van der Waals surface area contributed by atoms with Crippen molar-refractivity contribution >= 4 is 34.2 Å². The minimum Gasteiger partial charge on any atom is -0.389 e. The van der Waals surface area contributed by atoms with Crippen LogP contribution in [0.1, 0.15) is 21.1 Å². The van der Waals surface area contributed by atoms with Crippen LogP contribution in [-0.4, -0.2) is 17.0 Å². The van der Waals surface area contributed by atoms with Gasteiger partial charge in [-0.1, -0.05) is 24.4 Å². The predicted molar refractivity (Wildman–Crippen MR) is 86.0 cm³/mol. The average Bonchev–Trinajstić information content (AvgIpc) is 2.68. The van der Waals surface area contributed by atoms with Gasteiger partial charge in [0, 0.05) is 23.2 Å². The van der Waals surface area contributed by atoms with E-state index in [9.17, 15) is 0 Å². The summed E-state index contributed by atoms with van der Waals surface area (Å²) in [4.78, 5) is 8.42.